The number of amides is 2. The zero-order valence-corrected chi connectivity index (χ0v) is 15.1. The molecule has 1 heterocycles. The van der Waals surface area contributed by atoms with Crippen molar-refractivity contribution in [2.75, 3.05) is 10.6 Å². The van der Waals surface area contributed by atoms with E-state index in [1.54, 1.807) is 24.3 Å². The number of hydrogen-bond acceptors (Lipinski definition) is 4. The van der Waals surface area contributed by atoms with Crippen LogP contribution in [-0.2, 0) is 9.59 Å². The number of rotatable bonds is 4. The largest absolute Gasteiger partial charge is 0.317 e. The summed E-state index contributed by atoms with van der Waals surface area (Å²) in [5.41, 5.74) is 0.833. The van der Waals surface area contributed by atoms with E-state index in [9.17, 15) is 9.59 Å². The van der Waals surface area contributed by atoms with Crippen molar-refractivity contribution in [3.8, 4) is 0 Å². The van der Waals surface area contributed by atoms with Crippen LogP contribution in [0.3, 0.4) is 0 Å². The van der Waals surface area contributed by atoms with E-state index < -0.39 is 11.8 Å². The van der Waals surface area contributed by atoms with E-state index in [4.69, 9.17) is 11.6 Å². The predicted octanol–water partition coefficient (Wildman–Crippen LogP) is 4.46. The van der Waals surface area contributed by atoms with E-state index in [-0.39, 0.29) is 10.8 Å². The Morgan fingerprint density at radius 2 is 1.42 bits per heavy atom. The number of pyridine rings is 1. The van der Waals surface area contributed by atoms with E-state index in [1.807, 2.05) is 42.5 Å². The van der Waals surface area contributed by atoms with Crippen LogP contribution in [0.5, 0.6) is 0 Å². The Morgan fingerprint density at radius 1 is 0.808 bits per heavy atom. The molecular weight excluding hydrogens is 370 g/mol. The van der Waals surface area contributed by atoms with Gasteiger partial charge in [0, 0.05) is 16.0 Å². The molecule has 26 heavy (non-hydrogen) atoms. The van der Waals surface area contributed by atoms with Crippen LogP contribution in [0.2, 0.25) is 5.15 Å². The first-order valence-corrected chi connectivity index (χ1v) is 8.88. The maximum absolute atomic E-state index is 12.2. The predicted molar refractivity (Wildman–Crippen MR) is 104 cm³/mol. The van der Waals surface area contributed by atoms with E-state index in [0.717, 1.165) is 9.79 Å². The summed E-state index contributed by atoms with van der Waals surface area (Å²) >= 11 is 7.38. The molecule has 0 fully saturated rings. The van der Waals surface area contributed by atoms with E-state index in [0.29, 0.717) is 5.69 Å². The van der Waals surface area contributed by atoms with Gasteiger partial charge in [-0.05, 0) is 36.4 Å². The SMILES string of the molecule is O=C(Nc1ccccc1Sc1ccccc1)C(=O)Nc1cccnc1Cl. The zero-order valence-electron chi connectivity index (χ0n) is 13.5. The summed E-state index contributed by atoms with van der Waals surface area (Å²) in [5, 5.41) is 5.20. The van der Waals surface area contributed by atoms with Gasteiger partial charge in [-0.25, -0.2) is 4.98 Å². The summed E-state index contributed by atoms with van der Waals surface area (Å²) in [5.74, 6) is -1.61. The van der Waals surface area contributed by atoms with Gasteiger partial charge in [-0.3, -0.25) is 9.59 Å². The lowest BCUT2D eigenvalue weighted by Gasteiger charge is -2.11. The fraction of sp³-hybridized carbons (Fsp3) is 0. The van der Waals surface area contributed by atoms with E-state index in [1.165, 1.54) is 18.0 Å². The summed E-state index contributed by atoms with van der Waals surface area (Å²) in [6, 6.07) is 20.2. The molecule has 0 aliphatic heterocycles. The Kier molecular flexibility index (Phi) is 5.88. The Hall–Kier alpha value is -2.83. The quantitative estimate of drug-likeness (QED) is 0.515. The van der Waals surface area contributed by atoms with E-state index in [2.05, 4.69) is 15.6 Å². The van der Waals surface area contributed by atoms with Crippen molar-refractivity contribution in [1.82, 2.24) is 4.98 Å². The average molecular weight is 384 g/mol. The molecular formula is C19H14ClN3O2S. The lowest BCUT2D eigenvalue weighted by Crippen LogP contribution is -2.29. The molecule has 0 unspecified atom stereocenters. The molecule has 0 radical (unpaired) electrons. The van der Waals surface area contributed by atoms with Crippen LogP contribution in [0, 0.1) is 0 Å². The molecule has 3 aromatic rings. The number of nitrogens with zero attached hydrogens (tertiary/aromatic N) is 1. The molecule has 0 saturated heterocycles. The standard InChI is InChI=1S/C19H14ClN3O2S/c20-17-15(10-6-12-21-17)23-19(25)18(24)22-14-9-4-5-11-16(14)26-13-7-2-1-3-8-13/h1-12H,(H,22,24)(H,23,25). The maximum Gasteiger partial charge on any atom is 0.314 e. The summed E-state index contributed by atoms with van der Waals surface area (Å²) < 4.78 is 0. The molecule has 130 valence electrons. The fourth-order valence-electron chi connectivity index (χ4n) is 2.11. The van der Waals surface area contributed by atoms with Crippen LogP contribution in [0.1, 0.15) is 0 Å². The highest BCUT2D eigenvalue weighted by atomic mass is 35.5. The second kappa shape index (κ2) is 8.51. The molecule has 5 nitrogen and oxygen atoms in total. The first-order chi connectivity index (χ1) is 12.6. The smallest absolute Gasteiger partial charge is 0.314 e. The maximum atomic E-state index is 12.2. The van der Waals surface area contributed by atoms with Crippen LogP contribution >= 0.6 is 23.4 Å². The molecule has 0 aliphatic carbocycles. The molecule has 3 rings (SSSR count). The van der Waals surface area contributed by atoms with Crippen molar-refractivity contribution in [2.45, 2.75) is 9.79 Å². The number of para-hydroxylation sites is 1. The molecule has 7 heteroatoms. The van der Waals surface area contributed by atoms with Crippen molar-refractivity contribution in [3.05, 3.63) is 78.1 Å². The number of aromatic nitrogens is 1. The molecule has 2 amide bonds. The minimum Gasteiger partial charge on any atom is -0.317 e. The van der Waals surface area contributed by atoms with Gasteiger partial charge in [-0.15, -0.1) is 0 Å². The molecule has 0 aliphatic rings. The number of anilines is 2. The Bertz CT molecular complexity index is 935. The number of benzene rings is 2. The van der Waals surface area contributed by atoms with Crippen molar-refractivity contribution in [1.29, 1.82) is 0 Å². The Balaban J connectivity index is 1.71. The van der Waals surface area contributed by atoms with Gasteiger partial charge in [0.15, 0.2) is 5.15 Å². The van der Waals surface area contributed by atoms with E-state index >= 15 is 0 Å². The number of hydrogen-bond donors (Lipinski definition) is 2. The highest BCUT2D eigenvalue weighted by Crippen LogP contribution is 2.33. The summed E-state index contributed by atoms with van der Waals surface area (Å²) in [6.45, 7) is 0. The number of halogens is 1. The third-order valence-corrected chi connectivity index (χ3v) is 4.70. The molecule has 2 aromatic carbocycles. The van der Waals surface area contributed by atoms with Crippen molar-refractivity contribution < 1.29 is 9.59 Å². The molecule has 1 aromatic heterocycles. The molecule has 2 N–H and O–H groups in total. The number of carbonyl (C=O) groups excluding carboxylic acids is 2. The highest BCUT2D eigenvalue weighted by molar-refractivity contribution is 7.99. The minimum absolute atomic E-state index is 0.119. The highest BCUT2D eigenvalue weighted by Gasteiger charge is 2.17. The van der Waals surface area contributed by atoms with Gasteiger partial charge in [0.05, 0.1) is 11.4 Å². The third kappa shape index (κ3) is 4.62. The Morgan fingerprint density at radius 3 is 2.15 bits per heavy atom. The van der Waals surface area contributed by atoms with Crippen LogP contribution in [-0.4, -0.2) is 16.8 Å². The molecule has 0 spiro atoms. The first-order valence-electron chi connectivity index (χ1n) is 7.68. The zero-order chi connectivity index (χ0) is 18.4. The van der Waals surface area contributed by atoms with Gasteiger partial charge in [0.25, 0.3) is 0 Å². The molecule has 0 bridgehead atoms. The normalized spacial score (nSPS) is 10.2. The number of nitrogens with one attached hydrogen (secondary N) is 2. The van der Waals surface area contributed by atoms with Crippen molar-refractivity contribution in [2.24, 2.45) is 0 Å². The van der Waals surface area contributed by atoms with Gasteiger partial charge in [-0.1, -0.05) is 53.7 Å². The van der Waals surface area contributed by atoms with Crippen LogP contribution in [0.4, 0.5) is 11.4 Å². The number of carbonyl (C=O) groups is 2. The summed E-state index contributed by atoms with van der Waals surface area (Å²) in [4.78, 5) is 30.1. The Labute approximate surface area is 159 Å². The van der Waals surface area contributed by atoms with Gasteiger partial charge in [0.2, 0.25) is 0 Å². The van der Waals surface area contributed by atoms with Gasteiger partial charge < -0.3 is 10.6 Å². The first kappa shape index (κ1) is 18.0. The van der Waals surface area contributed by atoms with Crippen molar-refractivity contribution >= 4 is 46.6 Å². The van der Waals surface area contributed by atoms with Gasteiger partial charge >= 0.3 is 11.8 Å². The summed E-state index contributed by atoms with van der Waals surface area (Å²) in [6.07, 6.45) is 1.50. The second-order valence-corrected chi connectivity index (χ2v) is 6.63. The van der Waals surface area contributed by atoms with Gasteiger partial charge in [-0.2, -0.15) is 0 Å². The lowest BCUT2D eigenvalue weighted by atomic mass is 10.3. The van der Waals surface area contributed by atoms with Crippen LogP contribution in [0.15, 0.2) is 82.7 Å². The topological polar surface area (TPSA) is 71.1 Å². The van der Waals surface area contributed by atoms with Crippen LogP contribution in [0.25, 0.3) is 0 Å². The average Bonchev–Trinajstić information content (AvgIpc) is 2.66. The van der Waals surface area contributed by atoms with Crippen LogP contribution < -0.4 is 10.6 Å². The van der Waals surface area contributed by atoms with Gasteiger partial charge in [0.1, 0.15) is 0 Å². The monoisotopic (exact) mass is 383 g/mol. The fourth-order valence-corrected chi connectivity index (χ4v) is 3.20. The lowest BCUT2D eigenvalue weighted by molar-refractivity contribution is -0.133. The van der Waals surface area contributed by atoms with Crippen molar-refractivity contribution in [3.63, 3.8) is 0 Å². The molecule has 0 atom stereocenters. The second-order valence-electron chi connectivity index (χ2n) is 5.16. The minimum atomic E-state index is -0.820. The molecule has 0 saturated carbocycles. The third-order valence-electron chi connectivity index (χ3n) is 3.32. The summed E-state index contributed by atoms with van der Waals surface area (Å²) in [7, 11) is 0.